The van der Waals surface area contributed by atoms with Gasteiger partial charge < -0.3 is 15.2 Å². The molecule has 140 valence electrons. The number of rotatable bonds is 5. The van der Waals surface area contributed by atoms with E-state index in [1.807, 2.05) is 12.1 Å². The van der Waals surface area contributed by atoms with Gasteiger partial charge in [-0.05, 0) is 73.5 Å². The molecule has 0 heterocycles. The number of aliphatic hydroxyl groups is 1. The summed E-state index contributed by atoms with van der Waals surface area (Å²) in [6, 6.07) is 7.09. The number of amides is 1. The molecule has 4 saturated carbocycles. The molecule has 4 fully saturated rings. The maximum absolute atomic E-state index is 12.6. The van der Waals surface area contributed by atoms with Crippen LogP contribution in [-0.4, -0.2) is 29.7 Å². The van der Waals surface area contributed by atoms with E-state index in [1.54, 1.807) is 12.1 Å². The highest BCUT2D eigenvalue weighted by Gasteiger charge is 2.57. The first kappa shape index (κ1) is 17.5. The fraction of sp³-hybridized carbons (Fsp3) is 0.619. The zero-order valence-electron chi connectivity index (χ0n) is 15.3. The van der Waals surface area contributed by atoms with E-state index in [-0.39, 0.29) is 17.3 Å². The van der Waals surface area contributed by atoms with Crippen LogP contribution >= 0.6 is 0 Å². The molecule has 0 spiro atoms. The van der Waals surface area contributed by atoms with E-state index in [2.05, 4.69) is 10.1 Å². The lowest BCUT2D eigenvalue weighted by Gasteiger charge is -2.60. The molecule has 1 amide bonds. The monoisotopic (exact) mass is 357 g/mol. The molecule has 0 aliphatic heterocycles. The average molecular weight is 357 g/mol. The smallest absolute Gasteiger partial charge is 0.337 e. The van der Waals surface area contributed by atoms with Crippen molar-refractivity contribution in [1.29, 1.82) is 0 Å². The van der Waals surface area contributed by atoms with Crippen LogP contribution in [0.25, 0.3) is 0 Å². The van der Waals surface area contributed by atoms with Crippen molar-refractivity contribution in [3.63, 3.8) is 0 Å². The van der Waals surface area contributed by atoms with E-state index in [4.69, 9.17) is 0 Å². The van der Waals surface area contributed by atoms with Crippen LogP contribution in [0.2, 0.25) is 0 Å². The second-order valence-electron chi connectivity index (χ2n) is 8.83. The minimum Gasteiger partial charge on any atom is -0.465 e. The SMILES string of the molecule is COC(=O)c1ccc(CNC(=O)CC23C[C@H]4C[C@@H](CC(O)(C4)C2)C3)cc1. The van der Waals surface area contributed by atoms with Gasteiger partial charge in [0.15, 0.2) is 0 Å². The average Bonchev–Trinajstić information content (AvgIpc) is 2.57. The molecule has 4 aliphatic carbocycles. The van der Waals surface area contributed by atoms with E-state index >= 15 is 0 Å². The standard InChI is InChI=1S/C21H27NO4/c1-26-19(24)17-4-2-14(3-5-17)12-22-18(23)11-20-7-15-6-16(8-20)10-21(25,9-15)13-20/h2-5,15-16,25H,6-13H2,1H3,(H,22,23)/t15-,16-,20?,21?/m1/s1. The van der Waals surface area contributed by atoms with Crippen molar-refractivity contribution >= 4 is 11.9 Å². The van der Waals surface area contributed by atoms with Gasteiger partial charge in [0.1, 0.15) is 0 Å². The number of carbonyl (C=O) groups is 2. The normalized spacial score (nSPS) is 34.5. The van der Waals surface area contributed by atoms with Gasteiger partial charge >= 0.3 is 5.97 Å². The van der Waals surface area contributed by atoms with Gasteiger partial charge in [-0.3, -0.25) is 4.79 Å². The predicted molar refractivity (Wildman–Crippen MR) is 96.3 cm³/mol. The highest BCUT2D eigenvalue weighted by Crippen LogP contribution is 2.62. The Morgan fingerprint density at radius 1 is 1.15 bits per heavy atom. The largest absolute Gasteiger partial charge is 0.465 e. The zero-order valence-corrected chi connectivity index (χ0v) is 15.3. The van der Waals surface area contributed by atoms with Crippen LogP contribution in [0.4, 0.5) is 0 Å². The Balaban J connectivity index is 1.34. The summed E-state index contributed by atoms with van der Waals surface area (Å²) in [5, 5.41) is 13.8. The van der Waals surface area contributed by atoms with E-state index < -0.39 is 5.60 Å². The summed E-state index contributed by atoms with van der Waals surface area (Å²) in [6.07, 6.45) is 6.58. The molecule has 0 aromatic heterocycles. The van der Waals surface area contributed by atoms with Crippen LogP contribution < -0.4 is 5.32 Å². The number of hydrogen-bond acceptors (Lipinski definition) is 4. The van der Waals surface area contributed by atoms with E-state index in [9.17, 15) is 14.7 Å². The van der Waals surface area contributed by atoms with Crippen LogP contribution in [0, 0.1) is 17.3 Å². The molecule has 26 heavy (non-hydrogen) atoms. The number of carbonyl (C=O) groups excluding carboxylic acids is 2. The molecule has 5 nitrogen and oxygen atoms in total. The number of nitrogens with one attached hydrogen (secondary N) is 1. The molecule has 5 rings (SSSR count). The third kappa shape index (κ3) is 3.37. The second kappa shape index (κ2) is 6.38. The van der Waals surface area contributed by atoms with Crippen molar-refractivity contribution in [3.8, 4) is 0 Å². The molecule has 4 bridgehead atoms. The van der Waals surface area contributed by atoms with Gasteiger partial charge in [0.05, 0.1) is 18.3 Å². The van der Waals surface area contributed by atoms with E-state index in [0.717, 1.165) is 37.7 Å². The Morgan fingerprint density at radius 3 is 2.38 bits per heavy atom. The number of hydrogen-bond donors (Lipinski definition) is 2. The summed E-state index contributed by atoms with van der Waals surface area (Å²) in [5.74, 6) is 0.896. The van der Waals surface area contributed by atoms with Gasteiger partial charge in [-0.1, -0.05) is 12.1 Å². The molecular formula is C21H27NO4. The van der Waals surface area contributed by atoms with Gasteiger partial charge in [0.2, 0.25) is 5.91 Å². The van der Waals surface area contributed by atoms with Crippen molar-refractivity contribution < 1.29 is 19.4 Å². The number of ether oxygens (including phenoxy) is 1. The number of benzene rings is 1. The third-order valence-corrected chi connectivity index (χ3v) is 6.55. The van der Waals surface area contributed by atoms with Crippen LogP contribution in [-0.2, 0) is 16.1 Å². The minimum atomic E-state index is -0.520. The Hall–Kier alpha value is -1.88. The molecule has 1 aromatic carbocycles. The molecule has 2 atom stereocenters. The van der Waals surface area contributed by atoms with Crippen molar-refractivity contribution in [2.75, 3.05) is 7.11 Å². The van der Waals surface area contributed by atoms with Crippen molar-refractivity contribution in [3.05, 3.63) is 35.4 Å². The molecule has 4 aliphatic rings. The van der Waals surface area contributed by atoms with E-state index in [1.165, 1.54) is 13.5 Å². The Morgan fingerprint density at radius 2 is 1.81 bits per heavy atom. The summed E-state index contributed by atoms with van der Waals surface area (Å²) in [4.78, 5) is 24.0. The van der Waals surface area contributed by atoms with Gasteiger partial charge in [-0.15, -0.1) is 0 Å². The van der Waals surface area contributed by atoms with E-state index in [0.29, 0.717) is 30.4 Å². The lowest BCUT2D eigenvalue weighted by molar-refractivity contribution is -0.169. The maximum Gasteiger partial charge on any atom is 0.337 e. The molecular weight excluding hydrogens is 330 g/mol. The molecule has 0 radical (unpaired) electrons. The summed E-state index contributed by atoms with van der Waals surface area (Å²) in [5.41, 5.74) is 0.936. The van der Waals surface area contributed by atoms with Crippen LogP contribution in [0.3, 0.4) is 0 Å². The highest BCUT2D eigenvalue weighted by molar-refractivity contribution is 5.89. The quantitative estimate of drug-likeness (QED) is 0.795. The lowest BCUT2D eigenvalue weighted by atomic mass is 9.47. The fourth-order valence-corrected chi connectivity index (χ4v) is 6.09. The molecule has 0 unspecified atom stereocenters. The molecule has 2 N–H and O–H groups in total. The number of methoxy groups -OCH3 is 1. The summed E-state index contributed by atoms with van der Waals surface area (Å²) in [7, 11) is 1.36. The molecule has 5 heteroatoms. The lowest BCUT2D eigenvalue weighted by Crippen LogP contribution is -2.56. The summed E-state index contributed by atoms with van der Waals surface area (Å²) in [6.45, 7) is 0.452. The first-order chi connectivity index (χ1) is 12.4. The van der Waals surface area contributed by atoms with Gasteiger partial charge in [0.25, 0.3) is 0 Å². The minimum absolute atomic E-state index is 0.00232. The Bertz CT molecular complexity index is 697. The third-order valence-electron chi connectivity index (χ3n) is 6.55. The Kier molecular flexibility index (Phi) is 4.30. The second-order valence-corrected chi connectivity index (χ2v) is 8.83. The Labute approximate surface area is 154 Å². The van der Waals surface area contributed by atoms with Gasteiger partial charge in [-0.2, -0.15) is 0 Å². The van der Waals surface area contributed by atoms with Gasteiger partial charge in [0, 0.05) is 13.0 Å². The fourth-order valence-electron chi connectivity index (χ4n) is 6.09. The summed E-state index contributed by atoms with van der Waals surface area (Å²) < 4.78 is 4.69. The van der Waals surface area contributed by atoms with Crippen molar-refractivity contribution in [1.82, 2.24) is 5.32 Å². The molecule has 0 saturated heterocycles. The first-order valence-corrected chi connectivity index (χ1v) is 9.55. The first-order valence-electron chi connectivity index (χ1n) is 9.55. The van der Waals surface area contributed by atoms with Crippen molar-refractivity contribution in [2.45, 2.75) is 57.1 Å². The van der Waals surface area contributed by atoms with Gasteiger partial charge in [-0.25, -0.2) is 4.79 Å². The molecule has 1 aromatic rings. The number of esters is 1. The highest BCUT2D eigenvalue weighted by atomic mass is 16.5. The predicted octanol–water partition coefficient (Wildman–Crippen LogP) is 2.81. The van der Waals surface area contributed by atoms with Crippen LogP contribution in [0.15, 0.2) is 24.3 Å². The topological polar surface area (TPSA) is 75.6 Å². The summed E-state index contributed by atoms with van der Waals surface area (Å²) >= 11 is 0. The maximum atomic E-state index is 12.6. The zero-order chi connectivity index (χ0) is 18.4. The van der Waals surface area contributed by atoms with Crippen molar-refractivity contribution in [2.24, 2.45) is 17.3 Å². The van der Waals surface area contributed by atoms with Crippen LogP contribution in [0.5, 0.6) is 0 Å². The van der Waals surface area contributed by atoms with Crippen LogP contribution in [0.1, 0.15) is 60.9 Å².